The molecule has 1 saturated heterocycles. The zero-order chi connectivity index (χ0) is 58.9. The molecule has 0 radical (unpaired) electrons. The van der Waals surface area contributed by atoms with Gasteiger partial charge < -0.3 is 45.1 Å². The second-order valence-corrected chi connectivity index (χ2v) is 21.8. The van der Waals surface area contributed by atoms with Crippen molar-refractivity contribution < 1.29 is 49.3 Å². The number of carbonyl (C=O) groups excluding carboxylic acids is 2. The van der Waals surface area contributed by atoms with Gasteiger partial charge in [-0.2, -0.15) is 0 Å². The fourth-order valence-corrected chi connectivity index (χ4v) is 9.25. The molecular weight excluding hydrogens is 1010 g/mol. The lowest BCUT2D eigenvalue weighted by Crippen LogP contribution is -2.61. The van der Waals surface area contributed by atoms with E-state index in [1.807, 2.05) is 6.08 Å². The van der Waals surface area contributed by atoms with Gasteiger partial charge in [-0.25, -0.2) is 0 Å². The third kappa shape index (κ3) is 44.3. The number of rotatable bonds is 53. The van der Waals surface area contributed by atoms with Crippen LogP contribution in [0.2, 0.25) is 0 Å². The average Bonchev–Trinajstić information content (AvgIpc) is 3.51. The number of carbonyl (C=O) groups is 2. The molecule has 1 rings (SSSR count). The van der Waals surface area contributed by atoms with Gasteiger partial charge in [-0.1, -0.05) is 245 Å². The molecule has 1 aliphatic rings. The first-order valence-corrected chi connectivity index (χ1v) is 32.3. The van der Waals surface area contributed by atoms with Gasteiger partial charge >= 0.3 is 5.97 Å². The van der Waals surface area contributed by atoms with Crippen LogP contribution >= 0.6 is 0 Å². The lowest BCUT2D eigenvalue weighted by Gasteiger charge is -2.41. The number of aliphatic hydroxyl groups is 5. The molecule has 11 heteroatoms. The SMILES string of the molecule is CC/C=C\C/C=C\C/C=C\C/C=C\C/C=C\CCCCC(O)C(=O)NC(COC1OC(CO)C(O)C(O)C1OC(=O)CCCCCCCCC/C=C\C/C=C\C/C=C\C/C=C\CCCCC)C(O)/C=C/CCCCCCCCCCC. The molecule has 0 aromatic heterocycles. The maximum absolute atomic E-state index is 13.4. The third-order valence-corrected chi connectivity index (χ3v) is 14.3. The van der Waals surface area contributed by atoms with Crippen molar-refractivity contribution in [1.29, 1.82) is 0 Å². The summed E-state index contributed by atoms with van der Waals surface area (Å²) in [5.74, 6) is -1.25. The normalized spacial score (nSPS) is 19.5. The van der Waals surface area contributed by atoms with E-state index in [1.165, 1.54) is 64.2 Å². The van der Waals surface area contributed by atoms with Crippen molar-refractivity contribution >= 4 is 11.9 Å². The standard InChI is InChI=1S/C70H117NO10/c1-4-7-10-13-16-19-22-24-26-28-30-31-32-33-34-36-38-40-43-46-49-52-55-58-65(75)81-68-67(77)66(76)64(59-72)80-70(68)79-60-61(62(73)56-53-50-47-44-41-21-18-15-12-9-6-3)71-69(78)63(74)57-54-51-48-45-42-39-37-35-29-27-25-23-20-17-14-11-8-5-2/h8,11,16-17,19-20,24-27,30-31,33-35,37,42,45,53,56,61-64,66-68,70,72-74,76-77H,4-7,9-10,12-15,18,21-23,28-29,32,36,38-41,43-44,46-52,54-55,57-60H2,1-3H3,(H,71,78)/b11-8-,19-16-,20-17-,26-24-,27-25-,31-30-,34-33-,37-35-,45-42-,56-53+. The number of ether oxygens (including phenoxy) is 3. The van der Waals surface area contributed by atoms with Gasteiger partial charge in [-0.15, -0.1) is 0 Å². The molecule has 1 heterocycles. The number of amides is 1. The summed E-state index contributed by atoms with van der Waals surface area (Å²) < 4.78 is 17.6. The van der Waals surface area contributed by atoms with Crippen molar-refractivity contribution in [2.24, 2.45) is 0 Å². The monoisotopic (exact) mass is 1130 g/mol. The maximum atomic E-state index is 13.4. The zero-order valence-electron chi connectivity index (χ0n) is 51.1. The number of esters is 1. The molecule has 81 heavy (non-hydrogen) atoms. The summed E-state index contributed by atoms with van der Waals surface area (Å²) in [5.41, 5.74) is 0. The van der Waals surface area contributed by atoms with E-state index in [0.717, 1.165) is 135 Å². The molecule has 1 amide bonds. The Bertz CT molecular complexity index is 1780. The van der Waals surface area contributed by atoms with E-state index in [-0.39, 0.29) is 19.4 Å². The van der Waals surface area contributed by atoms with E-state index < -0.39 is 67.4 Å². The minimum absolute atomic E-state index is 0.100. The van der Waals surface area contributed by atoms with Crippen LogP contribution in [0.1, 0.15) is 245 Å². The van der Waals surface area contributed by atoms with Gasteiger partial charge in [0.15, 0.2) is 12.4 Å². The average molecular weight is 1130 g/mol. The molecular formula is C70H117NO10. The summed E-state index contributed by atoms with van der Waals surface area (Å²) in [6.45, 7) is 5.60. The molecule has 6 N–H and O–H groups in total. The van der Waals surface area contributed by atoms with E-state index in [4.69, 9.17) is 14.2 Å². The fourth-order valence-electron chi connectivity index (χ4n) is 9.25. The van der Waals surface area contributed by atoms with Crippen LogP contribution < -0.4 is 5.32 Å². The Kier molecular flexibility index (Phi) is 52.4. The van der Waals surface area contributed by atoms with Gasteiger partial charge in [-0.3, -0.25) is 9.59 Å². The molecule has 0 saturated carbocycles. The molecule has 8 atom stereocenters. The Balaban J connectivity index is 2.66. The molecule has 462 valence electrons. The number of aliphatic hydroxyl groups excluding tert-OH is 5. The quantitative estimate of drug-likeness (QED) is 0.0195. The van der Waals surface area contributed by atoms with E-state index in [2.05, 4.69) is 135 Å². The maximum Gasteiger partial charge on any atom is 0.306 e. The lowest BCUT2D eigenvalue weighted by molar-refractivity contribution is -0.305. The first-order chi connectivity index (χ1) is 39.7. The lowest BCUT2D eigenvalue weighted by atomic mass is 9.99. The first kappa shape index (κ1) is 75.1. The Morgan fingerprint density at radius 2 is 0.889 bits per heavy atom. The van der Waals surface area contributed by atoms with Crippen LogP contribution in [0.3, 0.4) is 0 Å². The minimum atomic E-state index is -1.63. The van der Waals surface area contributed by atoms with E-state index in [0.29, 0.717) is 12.8 Å². The number of unbranched alkanes of at least 4 members (excludes halogenated alkanes) is 21. The highest BCUT2D eigenvalue weighted by molar-refractivity contribution is 5.80. The van der Waals surface area contributed by atoms with Gasteiger partial charge in [0.05, 0.1) is 25.4 Å². The van der Waals surface area contributed by atoms with Gasteiger partial charge in [0.25, 0.3) is 0 Å². The van der Waals surface area contributed by atoms with Crippen LogP contribution in [0.25, 0.3) is 0 Å². The Morgan fingerprint density at radius 3 is 1.36 bits per heavy atom. The summed E-state index contributed by atoms with van der Waals surface area (Å²) in [6, 6.07) is -1.05. The first-order valence-electron chi connectivity index (χ1n) is 32.3. The third-order valence-electron chi connectivity index (χ3n) is 14.3. The predicted octanol–water partition coefficient (Wildman–Crippen LogP) is 15.8. The molecule has 0 aromatic carbocycles. The molecule has 0 aromatic rings. The van der Waals surface area contributed by atoms with Gasteiger partial charge in [0.2, 0.25) is 5.91 Å². The second kappa shape index (κ2) is 56.5. The molecule has 1 aliphatic heterocycles. The van der Waals surface area contributed by atoms with E-state index >= 15 is 0 Å². The predicted molar refractivity (Wildman–Crippen MR) is 338 cm³/mol. The largest absolute Gasteiger partial charge is 0.454 e. The van der Waals surface area contributed by atoms with Crippen molar-refractivity contribution in [3.63, 3.8) is 0 Å². The van der Waals surface area contributed by atoms with Crippen molar-refractivity contribution in [3.8, 4) is 0 Å². The minimum Gasteiger partial charge on any atom is -0.454 e. The number of allylic oxidation sites excluding steroid dienone is 19. The number of hydrogen-bond donors (Lipinski definition) is 6. The molecule has 0 aliphatic carbocycles. The molecule has 0 bridgehead atoms. The van der Waals surface area contributed by atoms with Crippen molar-refractivity contribution in [2.45, 2.75) is 294 Å². The molecule has 0 spiro atoms. The highest BCUT2D eigenvalue weighted by Crippen LogP contribution is 2.26. The summed E-state index contributed by atoms with van der Waals surface area (Å²) >= 11 is 0. The van der Waals surface area contributed by atoms with Crippen LogP contribution in [0.15, 0.2) is 122 Å². The summed E-state index contributed by atoms with van der Waals surface area (Å²) in [7, 11) is 0. The van der Waals surface area contributed by atoms with Crippen molar-refractivity contribution in [1.82, 2.24) is 5.32 Å². The molecule has 8 unspecified atom stereocenters. The Hall–Kier alpha value is -3.94. The van der Waals surface area contributed by atoms with E-state index in [1.54, 1.807) is 6.08 Å². The summed E-state index contributed by atoms with van der Waals surface area (Å²) in [6.07, 6.45) is 68.0. The Labute approximate surface area is 493 Å². The van der Waals surface area contributed by atoms with Crippen molar-refractivity contribution in [2.75, 3.05) is 13.2 Å². The highest BCUT2D eigenvalue weighted by Gasteiger charge is 2.47. The second-order valence-electron chi connectivity index (χ2n) is 21.8. The Morgan fingerprint density at radius 1 is 0.494 bits per heavy atom. The van der Waals surface area contributed by atoms with Crippen LogP contribution in [-0.2, 0) is 23.8 Å². The number of hydrogen-bond acceptors (Lipinski definition) is 10. The van der Waals surface area contributed by atoms with Crippen LogP contribution in [-0.4, -0.2) is 99.6 Å². The topological polar surface area (TPSA) is 175 Å². The van der Waals surface area contributed by atoms with Crippen LogP contribution in [0.4, 0.5) is 0 Å². The van der Waals surface area contributed by atoms with E-state index in [9.17, 15) is 35.1 Å². The van der Waals surface area contributed by atoms with Gasteiger partial charge in [0, 0.05) is 6.42 Å². The van der Waals surface area contributed by atoms with Crippen LogP contribution in [0.5, 0.6) is 0 Å². The molecule has 11 nitrogen and oxygen atoms in total. The summed E-state index contributed by atoms with van der Waals surface area (Å²) in [5, 5.41) is 57.0. The van der Waals surface area contributed by atoms with Gasteiger partial charge in [-0.05, 0) is 116 Å². The van der Waals surface area contributed by atoms with Crippen LogP contribution in [0, 0.1) is 0 Å². The zero-order valence-corrected chi connectivity index (χ0v) is 51.1. The summed E-state index contributed by atoms with van der Waals surface area (Å²) in [4.78, 5) is 26.6. The molecule has 1 fully saturated rings. The fraction of sp³-hybridized carbons (Fsp3) is 0.686. The smallest absolute Gasteiger partial charge is 0.306 e. The highest BCUT2D eigenvalue weighted by atomic mass is 16.7. The number of nitrogens with one attached hydrogen (secondary N) is 1. The van der Waals surface area contributed by atoms with Gasteiger partial charge in [0.1, 0.15) is 24.4 Å². The van der Waals surface area contributed by atoms with Crippen molar-refractivity contribution in [3.05, 3.63) is 122 Å².